The highest BCUT2D eigenvalue weighted by Gasteiger charge is 2.03. The predicted octanol–water partition coefficient (Wildman–Crippen LogP) is 1.83. The fourth-order valence-corrected chi connectivity index (χ4v) is 2.01. The van der Waals surface area contributed by atoms with Gasteiger partial charge in [0.25, 0.3) is 0 Å². The molecule has 0 radical (unpaired) electrons. The number of ether oxygens (including phenoxy) is 2. The highest BCUT2D eigenvalue weighted by atomic mass is 16.5. The molecule has 0 aliphatic rings. The van der Waals surface area contributed by atoms with Crippen molar-refractivity contribution in [2.45, 2.75) is 25.8 Å². The second-order valence-electron chi connectivity index (χ2n) is 4.95. The summed E-state index contributed by atoms with van der Waals surface area (Å²) in [6.07, 6.45) is 2.08. The van der Waals surface area contributed by atoms with Crippen LogP contribution in [-0.4, -0.2) is 46.4 Å². The zero-order valence-electron chi connectivity index (χ0n) is 13.5. The van der Waals surface area contributed by atoms with Gasteiger partial charge in [-0.15, -0.1) is 0 Å². The summed E-state index contributed by atoms with van der Waals surface area (Å²) in [4.78, 5) is 4.20. The molecule has 0 fully saturated rings. The monoisotopic (exact) mass is 293 g/mol. The van der Waals surface area contributed by atoms with E-state index in [-0.39, 0.29) is 6.04 Å². The lowest BCUT2D eigenvalue weighted by Crippen LogP contribution is -2.44. The van der Waals surface area contributed by atoms with Crippen LogP contribution in [0.25, 0.3) is 0 Å². The minimum atomic E-state index is 0.239. The molecule has 5 nitrogen and oxygen atoms in total. The van der Waals surface area contributed by atoms with Gasteiger partial charge in [-0.05, 0) is 37.5 Å². The van der Waals surface area contributed by atoms with Crippen molar-refractivity contribution in [3.63, 3.8) is 0 Å². The molecule has 21 heavy (non-hydrogen) atoms. The molecular formula is C16H27N3O2. The van der Waals surface area contributed by atoms with E-state index in [1.807, 2.05) is 12.1 Å². The number of hydrogen-bond acceptors (Lipinski definition) is 3. The lowest BCUT2D eigenvalue weighted by molar-refractivity contribution is 0.179. The maximum Gasteiger partial charge on any atom is 0.191 e. The number of aryl methyl sites for hydroxylation is 1. The lowest BCUT2D eigenvalue weighted by atomic mass is 10.1. The first-order chi connectivity index (χ1) is 10.2. The Kier molecular flexibility index (Phi) is 8.28. The van der Waals surface area contributed by atoms with Crippen LogP contribution in [-0.2, 0) is 11.2 Å². The van der Waals surface area contributed by atoms with Crippen LogP contribution in [0.2, 0.25) is 0 Å². The first-order valence-electron chi connectivity index (χ1n) is 7.28. The van der Waals surface area contributed by atoms with Gasteiger partial charge < -0.3 is 20.1 Å². The molecule has 0 aromatic heterocycles. The summed E-state index contributed by atoms with van der Waals surface area (Å²) < 4.78 is 10.2. The normalized spacial score (nSPS) is 12.9. The molecule has 1 aromatic carbocycles. The maximum atomic E-state index is 5.15. The van der Waals surface area contributed by atoms with Crippen molar-refractivity contribution in [1.82, 2.24) is 10.6 Å². The van der Waals surface area contributed by atoms with Crippen molar-refractivity contribution < 1.29 is 9.47 Å². The van der Waals surface area contributed by atoms with Gasteiger partial charge in [0.2, 0.25) is 0 Å². The van der Waals surface area contributed by atoms with Crippen LogP contribution in [0.15, 0.2) is 29.3 Å². The third-order valence-corrected chi connectivity index (χ3v) is 3.12. The molecule has 1 rings (SSSR count). The molecule has 0 heterocycles. The summed E-state index contributed by atoms with van der Waals surface area (Å²) >= 11 is 0. The Bertz CT molecular complexity index is 418. The maximum absolute atomic E-state index is 5.15. The number of nitrogens with one attached hydrogen (secondary N) is 2. The second-order valence-corrected chi connectivity index (χ2v) is 4.95. The highest BCUT2D eigenvalue weighted by molar-refractivity contribution is 5.79. The fraction of sp³-hybridized carbons (Fsp3) is 0.562. The van der Waals surface area contributed by atoms with E-state index in [4.69, 9.17) is 9.47 Å². The number of hydrogen-bond donors (Lipinski definition) is 2. The van der Waals surface area contributed by atoms with Gasteiger partial charge in [-0.1, -0.05) is 12.1 Å². The second kappa shape index (κ2) is 10.0. The quantitative estimate of drug-likeness (QED) is 0.436. The summed E-state index contributed by atoms with van der Waals surface area (Å²) in [5, 5.41) is 6.59. The van der Waals surface area contributed by atoms with E-state index in [2.05, 4.69) is 34.7 Å². The van der Waals surface area contributed by atoms with Crippen LogP contribution < -0.4 is 15.4 Å². The first-order valence-corrected chi connectivity index (χ1v) is 7.28. The molecule has 0 saturated carbocycles. The van der Waals surface area contributed by atoms with Gasteiger partial charge >= 0.3 is 0 Å². The summed E-state index contributed by atoms with van der Waals surface area (Å²) in [7, 11) is 5.16. The Morgan fingerprint density at radius 3 is 2.52 bits per heavy atom. The van der Waals surface area contributed by atoms with E-state index in [9.17, 15) is 0 Å². The Labute approximate surface area is 127 Å². The topological polar surface area (TPSA) is 54.9 Å². The van der Waals surface area contributed by atoms with Crippen LogP contribution in [0.5, 0.6) is 5.75 Å². The van der Waals surface area contributed by atoms with Crippen LogP contribution in [0.4, 0.5) is 0 Å². The van der Waals surface area contributed by atoms with Gasteiger partial charge in [0.15, 0.2) is 5.96 Å². The van der Waals surface area contributed by atoms with Crippen LogP contribution >= 0.6 is 0 Å². The van der Waals surface area contributed by atoms with E-state index in [0.29, 0.717) is 6.61 Å². The first kappa shape index (κ1) is 17.3. The SMILES string of the molecule is CN=C(NCCCc1ccc(OC)cc1)NC(C)COC. The van der Waals surface area contributed by atoms with E-state index >= 15 is 0 Å². The number of guanidine groups is 1. The fourth-order valence-electron chi connectivity index (χ4n) is 2.01. The number of methoxy groups -OCH3 is 2. The van der Waals surface area contributed by atoms with E-state index < -0.39 is 0 Å². The minimum absolute atomic E-state index is 0.239. The van der Waals surface area contributed by atoms with Gasteiger partial charge in [0.05, 0.1) is 13.7 Å². The molecule has 5 heteroatoms. The van der Waals surface area contributed by atoms with E-state index in [0.717, 1.165) is 31.1 Å². The Balaban J connectivity index is 2.25. The van der Waals surface area contributed by atoms with Gasteiger partial charge in [-0.3, -0.25) is 4.99 Å². The van der Waals surface area contributed by atoms with Gasteiger partial charge in [0.1, 0.15) is 5.75 Å². The van der Waals surface area contributed by atoms with Crippen molar-refractivity contribution in [3.8, 4) is 5.75 Å². The zero-order chi connectivity index (χ0) is 15.5. The van der Waals surface area contributed by atoms with Crippen molar-refractivity contribution in [2.75, 3.05) is 34.4 Å². The van der Waals surface area contributed by atoms with Gasteiger partial charge in [0, 0.05) is 26.7 Å². The van der Waals surface area contributed by atoms with Crippen LogP contribution in [0.3, 0.4) is 0 Å². The summed E-state index contributed by atoms with van der Waals surface area (Å²) in [5.41, 5.74) is 1.31. The van der Waals surface area contributed by atoms with Crippen molar-refractivity contribution in [1.29, 1.82) is 0 Å². The molecule has 1 aromatic rings. The molecule has 1 atom stereocenters. The standard InChI is InChI=1S/C16H27N3O2/c1-13(12-20-3)19-16(17-2)18-11-5-6-14-7-9-15(21-4)10-8-14/h7-10,13H,5-6,11-12H2,1-4H3,(H2,17,18,19). The predicted molar refractivity (Wildman–Crippen MR) is 87.2 cm³/mol. The third-order valence-electron chi connectivity index (χ3n) is 3.12. The molecular weight excluding hydrogens is 266 g/mol. The molecule has 2 N–H and O–H groups in total. The van der Waals surface area contributed by atoms with Crippen molar-refractivity contribution >= 4 is 5.96 Å². The number of benzene rings is 1. The van der Waals surface area contributed by atoms with Gasteiger partial charge in [-0.2, -0.15) is 0 Å². The number of nitrogens with zero attached hydrogens (tertiary/aromatic N) is 1. The summed E-state index contributed by atoms with van der Waals surface area (Å²) in [5.74, 6) is 1.71. The summed E-state index contributed by atoms with van der Waals surface area (Å²) in [6, 6.07) is 8.44. The Hall–Kier alpha value is -1.75. The molecule has 0 aliphatic heterocycles. The number of aliphatic imine (C=N–C) groups is 1. The molecule has 0 bridgehead atoms. The Morgan fingerprint density at radius 1 is 1.24 bits per heavy atom. The highest BCUT2D eigenvalue weighted by Crippen LogP contribution is 2.12. The molecule has 118 valence electrons. The van der Waals surface area contributed by atoms with E-state index in [1.165, 1.54) is 5.56 Å². The van der Waals surface area contributed by atoms with Crippen molar-refractivity contribution in [3.05, 3.63) is 29.8 Å². The zero-order valence-corrected chi connectivity index (χ0v) is 13.5. The average Bonchev–Trinajstić information content (AvgIpc) is 2.51. The average molecular weight is 293 g/mol. The van der Waals surface area contributed by atoms with E-state index in [1.54, 1.807) is 21.3 Å². The third kappa shape index (κ3) is 6.99. The number of rotatable bonds is 8. The minimum Gasteiger partial charge on any atom is -0.497 e. The molecule has 0 aliphatic carbocycles. The lowest BCUT2D eigenvalue weighted by Gasteiger charge is -2.17. The molecule has 0 saturated heterocycles. The van der Waals surface area contributed by atoms with Crippen molar-refractivity contribution in [2.24, 2.45) is 4.99 Å². The Morgan fingerprint density at radius 2 is 1.95 bits per heavy atom. The van der Waals surface area contributed by atoms with Gasteiger partial charge in [-0.25, -0.2) is 0 Å². The molecule has 0 amide bonds. The molecule has 1 unspecified atom stereocenters. The van der Waals surface area contributed by atoms with Crippen LogP contribution in [0, 0.1) is 0 Å². The summed E-state index contributed by atoms with van der Waals surface area (Å²) in [6.45, 7) is 3.60. The van der Waals surface area contributed by atoms with Crippen LogP contribution in [0.1, 0.15) is 18.9 Å². The smallest absolute Gasteiger partial charge is 0.191 e. The largest absolute Gasteiger partial charge is 0.497 e. The molecule has 0 spiro atoms.